The molecule has 132 valence electrons. The Morgan fingerprint density at radius 1 is 1.17 bits per heavy atom. The quantitative estimate of drug-likeness (QED) is 0.522. The first-order valence-corrected chi connectivity index (χ1v) is 10.8. The lowest BCUT2D eigenvalue weighted by atomic mass is 9.46. The van der Waals surface area contributed by atoms with Gasteiger partial charge in [-0.15, -0.1) is 0 Å². The fraction of sp³-hybridized carbons (Fsp3) is 0.750. The zero-order valence-electron chi connectivity index (χ0n) is 14.4. The molecule has 3 fully saturated rings. The molecule has 24 heavy (non-hydrogen) atoms. The van der Waals surface area contributed by atoms with Crippen molar-refractivity contribution in [3.63, 3.8) is 0 Å². The number of fused-ring (bicyclic) bond motifs is 5. The summed E-state index contributed by atoms with van der Waals surface area (Å²) in [5.41, 5.74) is 2.75. The molecule has 0 heterocycles. The second-order valence-electron chi connectivity index (χ2n) is 8.90. The number of halogens is 2. The maximum atomic E-state index is 12.1. The number of ketones is 1. The number of hydrogen-bond donors (Lipinski definition) is 1. The number of allylic oxidation sites excluding steroid dienone is 2. The van der Waals surface area contributed by atoms with Crippen LogP contribution >= 0.6 is 31.9 Å². The first-order valence-electron chi connectivity index (χ1n) is 9.25. The van der Waals surface area contributed by atoms with E-state index in [0.717, 1.165) is 35.5 Å². The molecule has 3 saturated carbocycles. The van der Waals surface area contributed by atoms with Gasteiger partial charge in [-0.1, -0.05) is 13.8 Å². The first-order chi connectivity index (χ1) is 11.3. The summed E-state index contributed by atoms with van der Waals surface area (Å²) in [6, 6.07) is 0. The highest BCUT2D eigenvalue weighted by Crippen LogP contribution is 2.66. The average molecular weight is 458 g/mol. The highest BCUT2D eigenvalue weighted by atomic mass is 79.9. The Hall–Kier alpha value is 0.0700. The van der Waals surface area contributed by atoms with Gasteiger partial charge in [0.15, 0.2) is 5.78 Å². The molecule has 1 N–H and O–H groups in total. The Labute approximate surface area is 161 Å². The molecular weight excluding hydrogens is 432 g/mol. The van der Waals surface area contributed by atoms with E-state index in [1.807, 2.05) is 6.08 Å². The van der Waals surface area contributed by atoms with Crippen LogP contribution in [0.2, 0.25) is 0 Å². The van der Waals surface area contributed by atoms with Crippen LogP contribution in [-0.2, 0) is 4.79 Å². The number of carbonyl (C=O) groups excluding carboxylic acids is 1. The van der Waals surface area contributed by atoms with Gasteiger partial charge in [-0.05, 0) is 116 Å². The molecule has 0 radical (unpaired) electrons. The standard InChI is InChI=1S/C20H26Br2O2/c1-19-7-5-11(23)9-16(19)13(18(21)22)10-12-14-3-4-17(24)20(14,2)8-6-15(12)19/h9,12,14-15,17,24H,3-8,10H2,1-2H3. The van der Waals surface area contributed by atoms with Crippen molar-refractivity contribution in [2.75, 3.05) is 0 Å². The summed E-state index contributed by atoms with van der Waals surface area (Å²) in [5.74, 6) is 2.15. The van der Waals surface area contributed by atoms with Gasteiger partial charge in [-0.3, -0.25) is 4.79 Å². The second kappa shape index (κ2) is 5.79. The predicted molar refractivity (Wildman–Crippen MR) is 103 cm³/mol. The molecule has 0 aliphatic heterocycles. The summed E-state index contributed by atoms with van der Waals surface area (Å²) in [6.45, 7) is 4.70. The number of carbonyl (C=O) groups is 1. The van der Waals surface area contributed by atoms with E-state index in [1.165, 1.54) is 17.6 Å². The van der Waals surface area contributed by atoms with Gasteiger partial charge >= 0.3 is 0 Å². The third-order valence-electron chi connectivity index (χ3n) is 8.01. The Morgan fingerprint density at radius 2 is 1.92 bits per heavy atom. The van der Waals surface area contributed by atoms with Crippen molar-refractivity contribution in [1.82, 2.24) is 0 Å². The van der Waals surface area contributed by atoms with Crippen molar-refractivity contribution in [3.05, 3.63) is 20.6 Å². The first kappa shape index (κ1) is 17.5. The van der Waals surface area contributed by atoms with Crippen LogP contribution in [0.15, 0.2) is 20.6 Å². The molecule has 0 bridgehead atoms. The second-order valence-corrected chi connectivity index (χ2v) is 11.5. The molecular formula is C20H26Br2O2. The number of aliphatic hydroxyl groups excluding tert-OH is 1. The van der Waals surface area contributed by atoms with Gasteiger partial charge in [-0.25, -0.2) is 0 Å². The topological polar surface area (TPSA) is 37.3 Å². The molecule has 0 aromatic rings. The van der Waals surface area contributed by atoms with Crippen molar-refractivity contribution in [1.29, 1.82) is 0 Å². The molecule has 4 aliphatic carbocycles. The Kier molecular flexibility index (Phi) is 4.21. The maximum absolute atomic E-state index is 12.1. The van der Waals surface area contributed by atoms with E-state index in [4.69, 9.17) is 0 Å². The summed E-state index contributed by atoms with van der Waals surface area (Å²) in [5, 5.41) is 10.6. The number of hydrogen-bond acceptors (Lipinski definition) is 2. The summed E-state index contributed by atoms with van der Waals surface area (Å²) < 4.78 is 1.01. The van der Waals surface area contributed by atoms with Crippen LogP contribution in [0.4, 0.5) is 0 Å². The SMILES string of the molecule is CC12CCC(=O)C=C1C(=C(Br)Br)CC1C2CCC2(C)C(O)CCC12. The minimum absolute atomic E-state index is 0.0904. The average Bonchev–Trinajstić information content (AvgIpc) is 2.83. The van der Waals surface area contributed by atoms with Gasteiger partial charge in [0.2, 0.25) is 0 Å². The largest absolute Gasteiger partial charge is 0.393 e. The molecule has 0 spiro atoms. The van der Waals surface area contributed by atoms with Crippen LogP contribution in [0.25, 0.3) is 0 Å². The third kappa shape index (κ3) is 2.31. The van der Waals surface area contributed by atoms with Crippen LogP contribution < -0.4 is 0 Å². The van der Waals surface area contributed by atoms with Gasteiger partial charge < -0.3 is 5.11 Å². The molecule has 4 heteroatoms. The van der Waals surface area contributed by atoms with Gasteiger partial charge in [0.25, 0.3) is 0 Å². The molecule has 4 aliphatic rings. The van der Waals surface area contributed by atoms with Crippen LogP contribution in [0.1, 0.15) is 58.8 Å². The smallest absolute Gasteiger partial charge is 0.156 e. The minimum atomic E-state index is -0.138. The van der Waals surface area contributed by atoms with E-state index < -0.39 is 0 Å². The van der Waals surface area contributed by atoms with Crippen molar-refractivity contribution >= 4 is 37.6 Å². The van der Waals surface area contributed by atoms with E-state index in [1.54, 1.807) is 0 Å². The van der Waals surface area contributed by atoms with E-state index in [0.29, 0.717) is 24.2 Å². The maximum Gasteiger partial charge on any atom is 0.156 e. The van der Waals surface area contributed by atoms with Gasteiger partial charge in [0, 0.05) is 6.42 Å². The Balaban J connectivity index is 1.81. The van der Waals surface area contributed by atoms with Crippen molar-refractivity contribution in [2.24, 2.45) is 28.6 Å². The number of rotatable bonds is 0. The molecule has 0 amide bonds. The molecule has 6 unspecified atom stereocenters. The fourth-order valence-electron chi connectivity index (χ4n) is 6.59. The Bertz CT molecular complexity index is 648. The summed E-state index contributed by atoms with van der Waals surface area (Å²) in [4.78, 5) is 12.1. The number of aliphatic hydroxyl groups is 1. The minimum Gasteiger partial charge on any atom is -0.393 e. The molecule has 4 rings (SSSR count). The van der Waals surface area contributed by atoms with E-state index in [-0.39, 0.29) is 22.7 Å². The molecule has 0 saturated heterocycles. The summed E-state index contributed by atoms with van der Waals surface area (Å²) in [6.07, 6.45) is 8.89. The van der Waals surface area contributed by atoms with Crippen LogP contribution in [-0.4, -0.2) is 17.0 Å². The molecule has 2 nitrogen and oxygen atoms in total. The van der Waals surface area contributed by atoms with Crippen LogP contribution in [0.5, 0.6) is 0 Å². The molecule has 6 atom stereocenters. The lowest BCUT2D eigenvalue weighted by Crippen LogP contribution is -2.51. The van der Waals surface area contributed by atoms with E-state index in [2.05, 4.69) is 45.7 Å². The zero-order chi connectivity index (χ0) is 17.3. The van der Waals surface area contributed by atoms with E-state index in [9.17, 15) is 9.90 Å². The van der Waals surface area contributed by atoms with Gasteiger partial charge in [0.05, 0.1) is 9.50 Å². The van der Waals surface area contributed by atoms with Crippen LogP contribution in [0.3, 0.4) is 0 Å². The van der Waals surface area contributed by atoms with Crippen LogP contribution in [0, 0.1) is 28.6 Å². The monoisotopic (exact) mass is 456 g/mol. The van der Waals surface area contributed by atoms with E-state index >= 15 is 0 Å². The third-order valence-corrected chi connectivity index (χ3v) is 8.97. The normalized spacial score (nSPS) is 47.6. The van der Waals surface area contributed by atoms with Crippen molar-refractivity contribution in [2.45, 2.75) is 64.9 Å². The lowest BCUT2D eigenvalue weighted by molar-refractivity contribution is -0.117. The van der Waals surface area contributed by atoms with Crippen molar-refractivity contribution in [3.8, 4) is 0 Å². The van der Waals surface area contributed by atoms with Gasteiger partial charge in [0.1, 0.15) is 0 Å². The highest BCUT2D eigenvalue weighted by Gasteiger charge is 2.59. The lowest BCUT2D eigenvalue weighted by Gasteiger charge is -2.58. The predicted octanol–water partition coefficient (Wildman–Crippen LogP) is 5.49. The molecule has 0 aromatic heterocycles. The highest BCUT2D eigenvalue weighted by molar-refractivity contribution is 9.28. The molecule has 0 aromatic carbocycles. The zero-order valence-corrected chi connectivity index (χ0v) is 17.6. The summed E-state index contributed by atoms with van der Waals surface area (Å²) >= 11 is 7.30. The summed E-state index contributed by atoms with van der Waals surface area (Å²) in [7, 11) is 0. The van der Waals surface area contributed by atoms with Crippen molar-refractivity contribution < 1.29 is 9.90 Å². The Morgan fingerprint density at radius 3 is 2.62 bits per heavy atom. The van der Waals surface area contributed by atoms with Gasteiger partial charge in [-0.2, -0.15) is 0 Å². The fourth-order valence-corrected chi connectivity index (χ4v) is 7.34.